The number of halogens is 7. The Morgan fingerprint density at radius 3 is 2.26 bits per heavy atom. The molecule has 1 aromatic heterocycles. The van der Waals surface area contributed by atoms with E-state index in [2.05, 4.69) is 10.3 Å². The van der Waals surface area contributed by atoms with E-state index < -0.39 is 90.7 Å². The Kier molecular flexibility index (Phi) is 9.53. The molecule has 1 aliphatic rings. The second-order valence-corrected chi connectivity index (χ2v) is 9.61. The molecular formula is C23H25ClF6N4O5. The number of fused-ring (bicyclic) bond motifs is 1. The van der Waals surface area contributed by atoms with Crippen molar-refractivity contribution in [2.24, 2.45) is 0 Å². The molecule has 1 atom stereocenters. The van der Waals surface area contributed by atoms with E-state index in [1.807, 2.05) is 0 Å². The van der Waals surface area contributed by atoms with Gasteiger partial charge in [0.05, 0.1) is 12.2 Å². The van der Waals surface area contributed by atoms with Crippen LogP contribution in [0.25, 0.3) is 0 Å². The van der Waals surface area contributed by atoms with E-state index in [0.29, 0.717) is 16.7 Å². The first-order valence-electron chi connectivity index (χ1n) is 11.3. The second kappa shape index (κ2) is 11.7. The molecule has 1 aromatic carbocycles. The fraction of sp³-hybridized carbons (Fsp3) is 0.478. The highest BCUT2D eigenvalue weighted by atomic mass is 35.5. The van der Waals surface area contributed by atoms with E-state index in [4.69, 9.17) is 4.74 Å². The van der Waals surface area contributed by atoms with Gasteiger partial charge in [-0.1, -0.05) is 0 Å². The standard InChI is InChI=1S/C23H24F6N4O5.ClH/c1-22(2,3)38-21(37)30-12(6-11-7-14(25)15(26)9-13(11)24)8-17(34)32-4-5-33-16(10-32)18(19(35)36)31-20(33)23(27,28)29;/h7,9,12H,4-6,8,10H2,1-3H3,(H,30,37)(H,35,36);1H. The molecule has 9 nitrogen and oxygen atoms in total. The number of aromatic nitrogens is 2. The number of alkyl halides is 3. The molecular weight excluding hydrogens is 562 g/mol. The maximum atomic E-state index is 14.3. The molecule has 0 saturated carbocycles. The third-order valence-electron chi connectivity index (χ3n) is 5.51. The van der Waals surface area contributed by atoms with Crippen LogP contribution in [-0.2, 0) is 35.2 Å². The minimum absolute atomic E-state index is 0. The summed E-state index contributed by atoms with van der Waals surface area (Å²) in [7, 11) is 0. The number of hydrogen-bond acceptors (Lipinski definition) is 5. The molecule has 16 heteroatoms. The number of carboxylic acids is 1. The highest BCUT2D eigenvalue weighted by Crippen LogP contribution is 2.32. The first kappa shape index (κ1) is 31.7. The first-order chi connectivity index (χ1) is 17.5. The Labute approximate surface area is 224 Å². The molecule has 3 rings (SSSR count). The largest absolute Gasteiger partial charge is 0.476 e. The lowest BCUT2D eigenvalue weighted by atomic mass is 10.0. The Balaban J connectivity index is 0.00000533. The summed E-state index contributed by atoms with van der Waals surface area (Å²) in [5.41, 5.74) is -2.49. The Morgan fingerprint density at radius 2 is 1.69 bits per heavy atom. The number of amides is 2. The number of ether oxygens (including phenoxy) is 1. The van der Waals surface area contributed by atoms with Crippen LogP contribution in [0.15, 0.2) is 12.1 Å². The second-order valence-electron chi connectivity index (χ2n) is 9.61. The molecule has 2 N–H and O–H groups in total. The molecule has 2 aromatic rings. The summed E-state index contributed by atoms with van der Waals surface area (Å²) < 4.78 is 87.1. The number of rotatable bonds is 6. The molecule has 2 amide bonds. The Morgan fingerprint density at radius 1 is 1.08 bits per heavy atom. The summed E-state index contributed by atoms with van der Waals surface area (Å²) in [6.07, 6.45) is -6.91. The number of carbonyl (C=O) groups excluding carboxylic acids is 2. The third kappa shape index (κ3) is 7.77. The van der Waals surface area contributed by atoms with Crippen molar-refractivity contribution in [3.8, 4) is 0 Å². The quantitative estimate of drug-likeness (QED) is 0.385. The van der Waals surface area contributed by atoms with Gasteiger partial charge in [0.25, 0.3) is 0 Å². The maximum absolute atomic E-state index is 14.3. The predicted molar refractivity (Wildman–Crippen MR) is 125 cm³/mol. The van der Waals surface area contributed by atoms with Crippen LogP contribution in [0.4, 0.5) is 31.1 Å². The average molecular weight is 587 g/mol. The van der Waals surface area contributed by atoms with Crippen molar-refractivity contribution >= 4 is 30.4 Å². The number of benzene rings is 1. The zero-order valence-electron chi connectivity index (χ0n) is 20.9. The molecule has 2 heterocycles. The average Bonchev–Trinajstić information content (AvgIpc) is 3.15. The molecule has 0 radical (unpaired) electrons. The normalized spacial score (nSPS) is 14.2. The molecule has 0 spiro atoms. The summed E-state index contributed by atoms with van der Waals surface area (Å²) in [6, 6.07) is -0.307. The van der Waals surface area contributed by atoms with Crippen LogP contribution >= 0.6 is 12.4 Å². The fourth-order valence-corrected chi connectivity index (χ4v) is 3.94. The van der Waals surface area contributed by atoms with Gasteiger partial charge in [-0.2, -0.15) is 13.2 Å². The Hall–Kier alpha value is -3.49. The molecule has 0 aliphatic carbocycles. The summed E-state index contributed by atoms with van der Waals surface area (Å²) in [4.78, 5) is 41.2. The number of aromatic carboxylic acids is 1. The van der Waals surface area contributed by atoms with E-state index in [1.165, 1.54) is 0 Å². The third-order valence-corrected chi connectivity index (χ3v) is 5.51. The van der Waals surface area contributed by atoms with E-state index in [9.17, 15) is 45.8 Å². The minimum Gasteiger partial charge on any atom is -0.476 e. The number of carboxylic acid groups (broad SMARTS) is 1. The van der Waals surface area contributed by atoms with Crippen LogP contribution in [0.5, 0.6) is 0 Å². The summed E-state index contributed by atoms with van der Waals surface area (Å²) in [5.74, 6) is -7.76. The molecule has 216 valence electrons. The number of hydrogen-bond donors (Lipinski definition) is 2. The molecule has 0 saturated heterocycles. The van der Waals surface area contributed by atoms with Gasteiger partial charge in [-0.15, -0.1) is 12.4 Å². The van der Waals surface area contributed by atoms with Gasteiger partial charge in [-0.3, -0.25) is 4.79 Å². The van der Waals surface area contributed by atoms with Gasteiger partial charge >= 0.3 is 18.2 Å². The van der Waals surface area contributed by atoms with E-state index in [0.717, 1.165) is 4.90 Å². The van der Waals surface area contributed by atoms with Crippen molar-refractivity contribution in [3.05, 3.63) is 52.4 Å². The van der Waals surface area contributed by atoms with Crippen molar-refractivity contribution in [1.82, 2.24) is 19.8 Å². The SMILES string of the molecule is CC(C)(C)OC(=O)NC(CC(=O)N1CCn2c(C(F)(F)F)nc(C(=O)O)c2C1)Cc1cc(F)c(F)cc1F.Cl. The van der Waals surface area contributed by atoms with Gasteiger partial charge < -0.3 is 24.6 Å². The number of alkyl carbamates (subject to hydrolysis) is 1. The zero-order valence-corrected chi connectivity index (χ0v) is 21.7. The van der Waals surface area contributed by atoms with Gasteiger partial charge in [0, 0.05) is 31.6 Å². The van der Waals surface area contributed by atoms with Crippen molar-refractivity contribution < 1.29 is 50.6 Å². The topological polar surface area (TPSA) is 114 Å². The lowest BCUT2D eigenvalue weighted by Gasteiger charge is -2.31. The Bertz CT molecular complexity index is 1260. The smallest absolute Gasteiger partial charge is 0.449 e. The highest BCUT2D eigenvalue weighted by Gasteiger charge is 2.42. The van der Waals surface area contributed by atoms with Crippen molar-refractivity contribution in [1.29, 1.82) is 0 Å². The molecule has 39 heavy (non-hydrogen) atoms. The molecule has 1 aliphatic heterocycles. The summed E-state index contributed by atoms with van der Waals surface area (Å²) >= 11 is 0. The van der Waals surface area contributed by atoms with Crippen molar-refractivity contribution in [3.63, 3.8) is 0 Å². The van der Waals surface area contributed by atoms with Crippen molar-refractivity contribution in [2.75, 3.05) is 6.54 Å². The number of carbonyl (C=O) groups is 3. The van der Waals surface area contributed by atoms with Crippen LogP contribution in [0, 0.1) is 17.5 Å². The van der Waals surface area contributed by atoms with Crippen LogP contribution < -0.4 is 5.32 Å². The minimum atomic E-state index is -4.93. The highest BCUT2D eigenvalue weighted by molar-refractivity contribution is 5.87. The van der Waals surface area contributed by atoms with Crippen LogP contribution in [0.1, 0.15) is 54.8 Å². The predicted octanol–water partition coefficient (Wildman–Crippen LogP) is 4.31. The van der Waals surface area contributed by atoms with Gasteiger partial charge in [-0.25, -0.2) is 27.7 Å². The maximum Gasteiger partial charge on any atom is 0.449 e. The molecule has 1 unspecified atom stereocenters. The number of imidazole rings is 1. The summed E-state index contributed by atoms with van der Waals surface area (Å²) in [6.45, 7) is 3.51. The first-order valence-corrected chi connectivity index (χ1v) is 11.3. The zero-order chi connectivity index (χ0) is 28.6. The lowest BCUT2D eigenvalue weighted by Crippen LogP contribution is -2.45. The van der Waals surface area contributed by atoms with Gasteiger partial charge in [0.15, 0.2) is 17.3 Å². The van der Waals surface area contributed by atoms with Crippen LogP contribution in [0.3, 0.4) is 0 Å². The van der Waals surface area contributed by atoms with Crippen LogP contribution in [0.2, 0.25) is 0 Å². The number of nitrogens with one attached hydrogen (secondary N) is 1. The van der Waals surface area contributed by atoms with Gasteiger partial charge in [0.1, 0.15) is 11.4 Å². The van der Waals surface area contributed by atoms with Crippen LogP contribution in [-0.4, -0.2) is 55.7 Å². The monoisotopic (exact) mass is 586 g/mol. The number of nitrogens with zero attached hydrogens (tertiary/aromatic N) is 3. The molecule has 0 bridgehead atoms. The summed E-state index contributed by atoms with van der Waals surface area (Å²) in [5, 5.41) is 11.7. The van der Waals surface area contributed by atoms with E-state index in [-0.39, 0.29) is 30.2 Å². The van der Waals surface area contributed by atoms with Crippen molar-refractivity contribution in [2.45, 2.75) is 64.5 Å². The van der Waals surface area contributed by atoms with E-state index in [1.54, 1.807) is 20.8 Å². The van der Waals surface area contributed by atoms with Gasteiger partial charge in [-0.05, 0) is 38.8 Å². The lowest BCUT2D eigenvalue weighted by molar-refractivity contribution is -0.148. The molecule has 0 fully saturated rings. The van der Waals surface area contributed by atoms with E-state index >= 15 is 0 Å². The van der Waals surface area contributed by atoms with Gasteiger partial charge in [0.2, 0.25) is 11.7 Å². The fourth-order valence-electron chi connectivity index (χ4n) is 3.94.